The number of ether oxygens (including phenoxy) is 2. The summed E-state index contributed by atoms with van der Waals surface area (Å²) in [6.07, 6.45) is -0.834. The molecule has 1 atom stereocenters. The predicted molar refractivity (Wildman–Crippen MR) is 135 cm³/mol. The van der Waals surface area contributed by atoms with Gasteiger partial charge in [-0.2, -0.15) is 5.10 Å². The number of fused-ring (bicyclic) bond motifs is 1. The van der Waals surface area contributed by atoms with Crippen LogP contribution in [0.1, 0.15) is 11.7 Å². The molecular weight excluding hydrogens is 492 g/mol. The molecule has 0 fully saturated rings. The minimum atomic E-state index is -3.81. The number of aliphatic hydroxyl groups is 1. The maximum absolute atomic E-state index is 12.7. The topological polar surface area (TPSA) is 126 Å². The van der Waals surface area contributed by atoms with E-state index in [1.165, 1.54) is 19.2 Å². The number of nitrogens with zero attached hydrogens (tertiary/aromatic N) is 1. The van der Waals surface area contributed by atoms with E-state index in [4.69, 9.17) is 21.1 Å². The third-order valence-electron chi connectivity index (χ3n) is 5.25. The molecule has 0 aliphatic heterocycles. The number of rotatable bonds is 11. The van der Waals surface area contributed by atoms with E-state index in [2.05, 4.69) is 20.2 Å². The summed E-state index contributed by atoms with van der Waals surface area (Å²) in [4.78, 5) is 0.0826. The number of hydrogen-bond acceptors (Lipinski definition) is 7. The number of H-pyrrole nitrogens is 1. The molecule has 184 valence electrons. The summed E-state index contributed by atoms with van der Waals surface area (Å²) < 4.78 is 38.8. The first-order valence-corrected chi connectivity index (χ1v) is 12.6. The third-order valence-corrected chi connectivity index (χ3v) is 6.92. The third kappa shape index (κ3) is 6.23. The summed E-state index contributed by atoms with van der Waals surface area (Å²) in [5, 5.41) is 21.7. The van der Waals surface area contributed by atoms with Crippen LogP contribution in [0, 0.1) is 0 Å². The second-order valence-corrected chi connectivity index (χ2v) is 9.74. The number of aromatic nitrogens is 2. The molecule has 0 amide bonds. The Balaban J connectivity index is 1.28. The number of benzene rings is 3. The zero-order valence-electron chi connectivity index (χ0n) is 18.9. The number of hydrogen-bond donors (Lipinski definition) is 4. The van der Waals surface area contributed by atoms with Gasteiger partial charge < -0.3 is 19.9 Å². The van der Waals surface area contributed by atoms with Gasteiger partial charge in [0.05, 0.1) is 23.6 Å². The van der Waals surface area contributed by atoms with E-state index in [1.54, 1.807) is 36.4 Å². The minimum Gasteiger partial charge on any atom is -0.497 e. The molecule has 4 rings (SSSR count). The van der Waals surface area contributed by atoms with Gasteiger partial charge in [0.1, 0.15) is 18.1 Å². The molecule has 0 saturated heterocycles. The van der Waals surface area contributed by atoms with Crippen LogP contribution < -0.4 is 19.5 Å². The summed E-state index contributed by atoms with van der Waals surface area (Å²) in [6, 6.07) is 18.3. The first-order valence-electron chi connectivity index (χ1n) is 10.8. The largest absolute Gasteiger partial charge is 0.497 e. The lowest BCUT2D eigenvalue weighted by atomic mass is 10.1. The van der Waals surface area contributed by atoms with E-state index in [0.29, 0.717) is 41.1 Å². The average molecular weight is 517 g/mol. The van der Waals surface area contributed by atoms with Gasteiger partial charge in [-0.3, -0.25) is 9.82 Å². The number of aliphatic hydroxyl groups excluding tert-OH is 1. The van der Waals surface area contributed by atoms with Gasteiger partial charge in [-0.1, -0.05) is 29.8 Å². The Bertz CT molecular complexity index is 1410. The van der Waals surface area contributed by atoms with Gasteiger partial charge in [-0.25, -0.2) is 8.42 Å². The highest BCUT2D eigenvalue weighted by molar-refractivity contribution is 7.92. The quantitative estimate of drug-likeness (QED) is 0.224. The van der Waals surface area contributed by atoms with Crippen LogP contribution in [0.3, 0.4) is 0 Å². The van der Waals surface area contributed by atoms with Gasteiger partial charge in [0.25, 0.3) is 10.0 Å². The van der Waals surface area contributed by atoms with Crippen molar-refractivity contribution in [1.29, 1.82) is 0 Å². The molecule has 0 radical (unpaired) electrons. The highest BCUT2D eigenvalue weighted by Crippen LogP contribution is 2.25. The Morgan fingerprint density at radius 1 is 1.09 bits per heavy atom. The van der Waals surface area contributed by atoms with Gasteiger partial charge in [0, 0.05) is 36.3 Å². The SMILES string of the molecule is COc1cccc(S(=O)(=O)Nc2cccc(C(O)CNCCOc3ccc4c(Cl)n[nH]c4c3)c2)c1. The first kappa shape index (κ1) is 24.8. The van der Waals surface area contributed by atoms with Gasteiger partial charge in [-0.05, 0) is 42.0 Å². The van der Waals surface area contributed by atoms with Crippen molar-refractivity contribution in [3.05, 3.63) is 77.4 Å². The van der Waals surface area contributed by atoms with Crippen molar-refractivity contribution in [1.82, 2.24) is 15.5 Å². The van der Waals surface area contributed by atoms with Crippen molar-refractivity contribution in [2.24, 2.45) is 0 Å². The van der Waals surface area contributed by atoms with Crippen molar-refractivity contribution < 1.29 is 23.0 Å². The van der Waals surface area contributed by atoms with Crippen molar-refractivity contribution in [2.75, 3.05) is 31.5 Å². The van der Waals surface area contributed by atoms with Gasteiger partial charge in [0.2, 0.25) is 0 Å². The van der Waals surface area contributed by atoms with Crippen LogP contribution in [0.25, 0.3) is 10.9 Å². The lowest BCUT2D eigenvalue weighted by Gasteiger charge is -2.15. The minimum absolute atomic E-state index is 0.0826. The van der Waals surface area contributed by atoms with E-state index in [1.807, 2.05) is 18.2 Å². The Kier molecular flexibility index (Phi) is 7.76. The Hall–Kier alpha value is -3.31. The smallest absolute Gasteiger partial charge is 0.262 e. The van der Waals surface area contributed by atoms with E-state index >= 15 is 0 Å². The fourth-order valence-electron chi connectivity index (χ4n) is 3.44. The van der Waals surface area contributed by atoms with Crippen molar-refractivity contribution >= 4 is 38.2 Å². The molecule has 0 spiro atoms. The zero-order chi connectivity index (χ0) is 24.8. The number of anilines is 1. The molecule has 1 heterocycles. The number of nitrogens with one attached hydrogen (secondary N) is 3. The summed E-state index contributed by atoms with van der Waals surface area (Å²) in [5.41, 5.74) is 1.71. The van der Waals surface area contributed by atoms with Gasteiger partial charge in [-0.15, -0.1) is 0 Å². The van der Waals surface area contributed by atoms with Crippen molar-refractivity contribution in [2.45, 2.75) is 11.0 Å². The van der Waals surface area contributed by atoms with E-state index in [0.717, 1.165) is 10.9 Å². The summed E-state index contributed by atoms with van der Waals surface area (Å²) >= 11 is 5.98. The molecule has 35 heavy (non-hydrogen) atoms. The normalized spacial score (nSPS) is 12.4. The molecule has 1 aromatic heterocycles. The molecule has 9 nitrogen and oxygen atoms in total. The molecule has 1 unspecified atom stereocenters. The summed E-state index contributed by atoms with van der Waals surface area (Å²) in [7, 11) is -2.34. The van der Waals surface area contributed by atoms with Crippen LogP contribution in [-0.4, -0.2) is 50.5 Å². The standard InChI is InChI=1S/C24H25ClN4O5S/c1-33-18-6-3-7-20(13-18)35(31,32)29-17-5-2-4-16(12-17)23(30)15-26-10-11-34-19-8-9-21-22(14-19)27-28-24(21)25/h2-9,12-14,23,26,29-30H,10-11,15H2,1H3,(H,27,28). The first-order chi connectivity index (χ1) is 16.9. The fourth-order valence-corrected chi connectivity index (χ4v) is 4.74. The second kappa shape index (κ2) is 11.0. The van der Waals surface area contributed by atoms with Crippen LogP contribution in [0.4, 0.5) is 5.69 Å². The van der Waals surface area contributed by atoms with Crippen molar-refractivity contribution in [3.63, 3.8) is 0 Å². The van der Waals surface area contributed by atoms with Crippen LogP contribution in [0.2, 0.25) is 5.15 Å². The van der Waals surface area contributed by atoms with Crippen molar-refractivity contribution in [3.8, 4) is 11.5 Å². The number of methoxy groups -OCH3 is 1. The lowest BCUT2D eigenvalue weighted by Crippen LogP contribution is -2.26. The lowest BCUT2D eigenvalue weighted by molar-refractivity contribution is 0.172. The predicted octanol–water partition coefficient (Wildman–Crippen LogP) is 3.73. The van der Waals surface area contributed by atoms with Crippen LogP contribution in [0.15, 0.2) is 71.6 Å². The summed E-state index contributed by atoms with van der Waals surface area (Å²) in [5.74, 6) is 1.12. The Morgan fingerprint density at radius 2 is 1.91 bits per heavy atom. The Labute approximate surface area is 208 Å². The van der Waals surface area contributed by atoms with E-state index in [-0.39, 0.29) is 11.4 Å². The molecule has 0 aliphatic rings. The summed E-state index contributed by atoms with van der Waals surface area (Å²) in [6.45, 7) is 1.16. The maximum Gasteiger partial charge on any atom is 0.262 e. The maximum atomic E-state index is 12.7. The molecule has 11 heteroatoms. The number of sulfonamides is 1. The van der Waals surface area contributed by atoms with E-state index in [9.17, 15) is 13.5 Å². The van der Waals surface area contributed by atoms with Gasteiger partial charge in [0.15, 0.2) is 5.15 Å². The molecule has 0 saturated carbocycles. The fraction of sp³-hybridized carbons (Fsp3) is 0.208. The molecule has 4 N–H and O–H groups in total. The second-order valence-electron chi connectivity index (χ2n) is 7.70. The molecule has 0 bridgehead atoms. The van der Waals surface area contributed by atoms with Crippen LogP contribution >= 0.6 is 11.6 Å². The monoisotopic (exact) mass is 516 g/mol. The molecule has 4 aromatic rings. The Morgan fingerprint density at radius 3 is 2.74 bits per heavy atom. The number of halogens is 1. The zero-order valence-corrected chi connectivity index (χ0v) is 20.4. The highest BCUT2D eigenvalue weighted by atomic mass is 35.5. The van der Waals surface area contributed by atoms with Crippen LogP contribution in [-0.2, 0) is 10.0 Å². The molecular formula is C24H25ClN4O5S. The molecule has 0 aliphatic carbocycles. The molecule has 3 aromatic carbocycles. The van der Waals surface area contributed by atoms with Crippen LogP contribution in [0.5, 0.6) is 11.5 Å². The highest BCUT2D eigenvalue weighted by Gasteiger charge is 2.16. The van der Waals surface area contributed by atoms with Gasteiger partial charge >= 0.3 is 0 Å². The van der Waals surface area contributed by atoms with E-state index < -0.39 is 16.1 Å². The average Bonchev–Trinajstić information content (AvgIpc) is 3.23. The number of aromatic amines is 1.